The van der Waals surface area contributed by atoms with Gasteiger partial charge in [-0.15, -0.1) is 11.8 Å². The highest BCUT2D eigenvalue weighted by Gasteiger charge is 2.19. The first kappa shape index (κ1) is 16.9. The Morgan fingerprint density at radius 3 is 2.54 bits per heavy atom. The van der Waals surface area contributed by atoms with E-state index in [1.807, 2.05) is 42.7 Å². The molecule has 3 rings (SSSR count). The Kier molecular flexibility index (Phi) is 5.16. The normalized spacial score (nSPS) is 10.7. The van der Waals surface area contributed by atoms with Gasteiger partial charge < -0.3 is 13.9 Å². The maximum absolute atomic E-state index is 5.67. The molecule has 0 fully saturated rings. The van der Waals surface area contributed by atoms with Crippen LogP contribution in [-0.2, 0) is 0 Å². The van der Waals surface area contributed by atoms with Crippen LogP contribution in [0.1, 0.15) is 0 Å². The summed E-state index contributed by atoms with van der Waals surface area (Å²) in [7, 11) is 3.30. The summed E-state index contributed by atoms with van der Waals surface area (Å²) in [5.74, 6) is 2.20. The molecule has 0 aliphatic rings. The highest BCUT2D eigenvalue weighted by molar-refractivity contribution is 9.10. The van der Waals surface area contributed by atoms with Crippen molar-refractivity contribution >= 4 is 27.7 Å². The van der Waals surface area contributed by atoms with E-state index in [1.54, 1.807) is 26.0 Å². The summed E-state index contributed by atoms with van der Waals surface area (Å²) in [4.78, 5) is 5.45. The third-order valence-electron chi connectivity index (χ3n) is 3.63. The van der Waals surface area contributed by atoms with E-state index in [2.05, 4.69) is 20.9 Å². The molecule has 2 aromatic carbocycles. The lowest BCUT2D eigenvalue weighted by atomic mass is 10.0. The SMILES string of the molecule is COc1ccccc1-c1ocnc1-c1cc(Br)c(SC)c(OC)c1. The van der Waals surface area contributed by atoms with Gasteiger partial charge in [0, 0.05) is 10.0 Å². The molecule has 0 bridgehead atoms. The lowest BCUT2D eigenvalue weighted by molar-refractivity contribution is 0.404. The van der Waals surface area contributed by atoms with Crippen LogP contribution in [0.5, 0.6) is 11.5 Å². The van der Waals surface area contributed by atoms with Crippen molar-refractivity contribution in [2.24, 2.45) is 0 Å². The van der Waals surface area contributed by atoms with Gasteiger partial charge in [0.05, 0.1) is 24.7 Å². The fourth-order valence-corrected chi connectivity index (χ4v) is 4.05. The first-order valence-electron chi connectivity index (χ1n) is 7.18. The number of hydrogen-bond donors (Lipinski definition) is 0. The molecule has 4 nitrogen and oxygen atoms in total. The van der Waals surface area contributed by atoms with Gasteiger partial charge in [-0.1, -0.05) is 12.1 Å². The number of hydrogen-bond acceptors (Lipinski definition) is 5. The van der Waals surface area contributed by atoms with Gasteiger partial charge >= 0.3 is 0 Å². The van der Waals surface area contributed by atoms with Gasteiger partial charge in [-0.25, -0.2) is 4.98 Å². The quantitative estimate of drug-likeness (QED) is 0.523. The molecule has 24 heavy (non-hydrogen) atoms. The fourth-order valence-electron chi connectivity index (χ4n) is 2.53. The molecule has 0 aliphatic heterocycles. The summed E-state index contributed by atoms with van der Waals surface area (Å²) in [6.07, 6.45) is 3.46. The molecule has 3 aromatic rings. The zero-order valence-corrected chi connectivity index (χ0v) is 15.9. The first-order chi connectivity index (χ1) is 11.7. The Bertz CT molecular complexity index is 863. The van der Waals surface area contributed by atoms with Crippen LogP contribution in [0.4, 0.5) is 0 Å². The number of rotatable bonds is 5. The summed E-state index contributed by atoms with van der Waals surface area (Å²) >= 11 is 5.23. The molecule has 0 saturated heterocycles. The molecule has 0 unspecified atom stereocenters. The van der Waals surface area contributed by atoms with Gasteiger partial charge in [-0.2, -0.15) is 0 Å². The molecule has 0 aliphatic carbocycles. The van der Waals surface area contributed by atoms with E-state index in [1.165, 1.54) is 6.39 Å². The molecule has 1 aromatic heterocycles. The highest BCUT2D eigenvalue weighted by Crippen LogP contribution is 2.42. The van der Waals surface area contributed by atoms with E-state index in [9.17, 15) is 0 Å². The van der Waals surface area contributed by atoms with Crippen molar-refractivity contribution in [1.29, 1.82) is 0 Å². The molecule has 0 atom stereocenters. The molecule has 0 radical (unpaired) electrons. The van der Waals surface area contributed by atoms with Gasteiger partial charge in [0.2, 0.25) is 0 Å². The van der Waals surface area contributed by atoms with Crippen molar-refractivity contribution in [3.05, 3.63) is 47.3 Å². The smallest absolute Gasteiger partial charge is 0.182 e. The number of nitrogens with zero attached hydrogens (tertiary/aromatic N) is 1. The van der Waals surface area contributed by atoms with Crippen LogP contribution in [0.15, 0.2) is 56.6 Å². The molecule has 6 heteroatoms. The molecule has 0 spiro atoms. The molecular formula is C18H16BrNO3S. The van der Waals surface area contributed by atoms with E-state index >= 15 is 0 Å². The summed E-state index contributed by atoms with van der Waals surface area (Å²) < 4.78 is 17.6. The average Bonchev–Trinajstić information content (AvgIpc) is 3.10. The van der Waals surface area contributed by atoms with Crippen LogP contribution in [-0.4, -0.2) is 25.5 Å². The second-order valence-corrected chi connectivity index (χ2v) is 6.59. The minimum Gasteiger partial charge on any atom is -0.496 e. The Morgan fingerprint density at radius 2 is 1.83 bits per heavy atom. The molecule has 0 saturated carbocycles. The van der Waals surface area contributed by atoms with Crippen LogP contribution in [0.3, 0.4) is 0 Å². The van der Waals surface area contributed by atoms with Crippen molar-refractivity contribution in [3.8, 4) is 34.1 Å². The Hall–Kier alpha value is -1.92. The zero-order chi connectivity index (χ0) is 17.1. The van der Waals surface area contributed by atoms with E-state index in [4.69, 9.17) is 13.9 Å². The number of methoxy groups -OCH3 is 2. The van der Waals surface area contributed by atoms with E-state index in [-0.39, 0.29) is 0 Å². The average molecular weight is 406 g/mol. The zero-order valence-electron chi connectivity index (χ0n) is 13.5. The molecule has 1 heterocycles. The van der Waals surface area contributed by atoms with Gasteiger partial charge in [0.15, 0.2) is 12.2 Å². The minimum absolute atomic E-state index is 0.665. The maximum atomic E-state index is 5.67. The molecule has 0 N–H and O–H groups in total. The maximum Gasteiger partial charge on any atom is 0.182 e. The van der Waals surface area contributed by atoms with Crippen molar-refractivity contribution in [2.75, 3.05) is 20.5 Å². The van der Waals surface area contributed by atoms with Gasteiger partial charge in [0.25, 0.3) is 0 Å². The van der Waals surface area contributed by atoms with Crippen LogP contribution in [0.2, 0.25) is 0 Å². The summed E-state index contributed by atoms with van der Waals surface area (Å²) in [6, 6.07) is 11.7. The Labute approximate surface area is 153 Å². The number of thioether (sulfide) groups is 1. The predicted octanol–water partition coefficient (Wildman–Crippen LogP) is 5.51. The largest absolute Gasteiger partial charge is 0.496 e. The van der Waals surface area contributed by atoms with E-state index in [0.717, 1.165) is 37.7 Å². The van der Waals surface area contributed by atoms with Crippen LogP contribution in [0.25, 0.3) is 22.6 Å². The highest BCUT2D eigenvalue weighted by atomic mass is 79.9. The Balaban J connectivity index is 2.16. The second-order valence-electron chi connectivity index (χ2n) is 4.92. The van der Waals surface area contributed by atoms with Crippen molar-refractivity contribution in [3.63, 3.8) is 0 Å². The topological polar surface area (TPSA) is 44.5 Å². The van der Waals surface area contributed by atoms with E-state index < -0.39 is 0 Å². The lowest BCUT2D eigenvalue weighted by Gasteiger charge is -2.12. The van der Waals surface area contributed by atoms with Crippen molar-refractivity contribution < 1.29 is 13.9 Å². The minimum atomic E-state index is 0.665. The number of benzene rings is 2. The fraction of sp³-hybridized carbons (Fsp3) is 0.167. The van der Waals surface area contributed by atoms with Crippen LogP contribution in [0, 0.1) is 0 Å². The molecular weight excluding hydrogens is 390 g/mol. The predicted molar refractivity (Wildman–Crippen MR) is 100.0 cm³/mol. The lowest BCUT2D eigenvalue weighted by Crippen LogP contribution is -1.91. The number of oxazole rings is 1. The van der Waals surface area contributed by atoms with Gasteiger partial charge in [-0.3, -0.25) is 0 Å². The number of para-hydroxylation sites is 1. The molecule has 0 amide bonds. The van der Waals surface area contributed by atoms with Crippen molar-refractivity contribution in [2.45, 2.75) is 4.90 Å². The first-order valence-corrected chi connectivity index (χ1v) is 9.20. The number of halogens is 1. The summed E-state index contributed by atoms with van der Waals surface area (Å²) in [5, 5.41) is 0. The Morgan fingerprint density at radius 1 is 1.08 bits per heavy atom. The monoisotopic (exact) mass is 405 g/mol. The molecule has 124 valence electrons. The summed E-state index contributed by atoms with van der Waals surface area (Å²) in [6.45, 7) is 0. The van der Waals surface area contributed by atoms with Crippen LogP contribution >= 0.6 is 27.7 Å². The van der Waals surface area contributed by atoms with Crippen LogP contribution < -0.4 is 9.47 Å². The second kappa shape index (κ2) is 7.32. The third kappa shape index (κ3) is 3.03. The van der Waals surface area contributed by atoms with Gasteiger partial charge in [-0.05, 0) is 46.5 Å². The number of ether oxygens (including phenoxy) is 2. The third-order valence-corrected chi connectivity index (χ3v) is 5.34. The standard InChI is InChI=1S/C18H16BrNO3S/c1-21-14-7-5-4-6-12(14)17-16(20-10-23-17)11-8-13(19)18(24-3)15(9-11)22-2/h4-10H,1-3H3. The number of aromatic nitrogens is 1. The van der Waals surface area contributed by atoms with E-state index in [0.29, 0.717) is 5.76 Å². The summed E-state index contributed by atoms with van der Waals surface area (Å²) in [5.41, 5.74) is 2.51. The van der Waals surface area contributed by atoms with Gasteiger partial charge in [0.1, 0.15) is 17.2 Å². The van der Waals surface area contributed by atoms with Crippen molar-refractivity contribution in [1.82, 2.24) is 4.98 Å².